The number of para-hydroxylation sites is 1. The van der Waals surface area contributed by atoms with Crippen molar-refractivity contribution in [2.24, 2.45) is 5.92 Å². The zero-order valence-electron chi connectivity index (χ0n) is 15.4. The number of benzene rings is 1. The van der Waals surface area contributed by atoms with Gasteiger partial charge < -0.3 is 15.0 Å². The van der Waals surface area contributed by atoms with Gasteiger partial charge in [0, 0.05) is 32.0 Å². The second-order valence-electron chi connectivity index (χ2n) is 6.61. The molecule has 138 valence electrons. The molecule has 1 saturated heterocycles. The summed E-state index contributed by atoms with van der Waals surface area (Å²) in [6.07, 6.45) is 4.89. The van der Waals surface area contributed by atoms with Gasteiger partial charge in [0.2, 0.25) is 11.8 Å². The van der Waals surface area contributed by atoms with E-state index >= 15 is 0 Å². The highest BCUT2D eigenvalue weighted by Gasteiger charge is 2.26. The van der Waals surface area contributed by atoms with Gasteiger partial charge in [-0.3, -0.25) is 9.59 Å². The predicted octanol–water partition coefficient (Wildman–Crippen LogP) is 2.78. The number of nitrogens with one attached hydrogen (secondary N) is 1. The van der Waals surface area contributed by atoms with E-state index in [1.807, 2.05) is 29.2 Å². The average molecular weight is 346 g/mol. The van der Waals surface area contributed by atoms with Crippen molar-refractivity contribution >= 4 is 11.8 Å². The summed E-state index contributed by atoms with van der Waals surface area (Å²) in [6, 6.07) is 7.87. The smallest absolute Gasteiger partial charge is 0.223 e. The molecule has 1 heterocycles. The van der Waals surface area contributed by atoms with E-state index in [1.54, 1.807) is 7.11 Å². The van der Waals surface area contributed by atoms with Crippen LogP contribution in [0.15, 0.2) is 24.3 Å². The number of carbonyl (C=O) groups is 2. The fourth-order valence-corrected chi connectivity index (χ4v) is 3.25. The molecule has 1 N–H and O–H groups in total. The zero-order chi connectivity index (χ0) is 18.1. The van der Waals surface area contributed by atoms with Gasteiger partial charge >= 0.3 is 0 Å². The van der Waals surface area contributed by atoms with Crippen molar-refractivity contribution in [1.29, 1.82) is 0 Å². The monoisotopic (exact) mass is 346 g/mol. The maximum absolute atomic E-state index is 12.3. The Balaban J connectivity index is 1.71. The minimum Gasteiger partial charge on any atom is -0.496 e. The van der Waals surface area contributed by atoms with Crippen LogP contribution < -0.4 is 10.1 Å². The first-order valence-electron chi connectivity index (χ1n) is 9.33. The van der Waals surface area contributed by atoms with Gasteiger partial charge in [-0.05, 0) is 37.3 Å². The highest BCUT2D eigenvalue weighted by molar-refractivity contribution is 5.80. The summed E-state index contributed by atoms with van der Waals surface area (Å²) in [5.74, 6) is 1.22. The molecule has 5 heteroatoms. The van der Waals surface area contributed by atoms with Crippen molar-refractivity contribution in [3.05, 3.63) is 29.8 Å². The summed E-state index contributed by atoms with van der Waals surface area (Å²) >= 11 is 0. The first kappa shape index (κ1) is 19.3. The Bertz CT molecular complexity index is 566. The number of likely N-dealkylation sites (tertiary alicyclic amines) is 1. The number of nitrogens with zero attached hydrogens (tertiary/aromatic N) is 1. The molecule has 0 aromatic heterocycles. The van der Waals surface area contributed by atoms with E-state index in [2.05, 4.69) is 12.2 Å². The number of carbonyl (C=O) groups excluding carboxylic acids is 2. The topological polar surface area (TPSA) is 58.6 Å². The summed E-state index contributed by atoms with van der Waals surface area (Å²) in [6.45, 7) is 4.10. The third-order valence-electron chi connectivity index (χ3n) is 4.85. The molecule has 0 radical (unpaired) electrons. The van der Waals surface area contributed by atoms with Gasteiger partial charge in [0.25, 0.3) is 0 Å². The standard InChI is InChI=1S/C20H30N2O3/c1-3-4-9-19(23)22-14-11-17(12-15-22)20(24)21-13-10-16-7-5-6-8-18(16)25-2/h5-8,17H,3-4,9-15H2,1-2H3,(H,21,24). The Kier molecular flexibility index (Phi) is 7.76. The summed E-state index contributed by atoms with van der Waals surface area (Å²) in [5.41, 5.74) is 1.10. The summed E-state index contributed by atoms with van der Waals surface area (Å²) < 4.78 is 5.33. The van der Waals surface area contributed by atoms with Crippen LogP contribution in [0, 0.1) is 5.92 Å². The number of hydrogen-bond donors (Lipinski definition) is 1. The largest absolute Gasteiger partial charge is 0.496 e. The molecule has 2 amide bonds. The molecule has 0 spiro atoms. The number of rotatable bonds is 8. The molecule has 1 fully saturated rings. The van der Waals surface area contributed by atoms with Gasteiger partial charge in [-0.25, -0.2) is 0 Å². The van der Waals surface area contributed by atoms with E-state index in [0.29, 0.717) is 26.1 Å². The molecule has 1 aliphatic rings. The fourth-order valence-electron chi connectivity index (χ4n) is 3.25. The van der Waals surface area contributed by atoms with Gasteiger partial charge in [0.05, 0.1) is 7.11 Å². The molecule has 0 atom stereocenters. The summed E-state index contributed by atoms with van der Waals surface area (Å²) in [4.78, 5) is 26.3. The van der Waals surface area contributed by atoms with Crippen LogP contribution in [-0.4, -0.2) is 43.5 Å². The molecule has 0 bridgehead atoms. The lowest BCUT2D eigenvalue weighted by Gasteiger charge is -2.31. The number of piperidine rings is 1. The second kappa shape index (κ2) is 10.1. The van der Waals surface area contributed by atoms with Gasteiger partial charge in [-0.1, -0.05) is 31.5 Å². The Morgan fingerprint density at radius 2 is 1.96 bits per heavy atom. The molecule has 0 aliphatic carbocycles. The third-order valence-corrected chi connectivity index (χ3v) is 4.85. The van der Waals surface area contributed by atoms with Crippen LogP contribution in [0.1, 0.15) is 44.6 Å². The van der Waals surface area contributed by atoms with E-state index in [1.165, 1.54) is 0 Å². The van der Waals surface area contributed by atoms with Crippen molar-refractivity contribution in [3.63, 3.8) is 0 Å². The highest BCUT2D eigenvalue weighted by atomic mass is 16.5. The molecular weight excluding hydrogens is 316 g/mol. The van der Waals surface area contributed by atoms with E-state index in [0.717, 1.165) is 43.4 Å². The zero-order valence-corrected chi connectivity index (χ0v) is 15.4. The number of unbranched alkanes of at least 4 members (excludes halogenated alkanes) is 1. The Morgan fingerprint density at radius 1 is 1.24 bits per heavy atom. The van der Waals surface area contributed by atoms with Crippen LogP contribution >= 0.6 is 0 Å². The van der Waals surface area contributed by atoms with Crippen LogP contribution in [0.3, 0.4) is 0 Å². The van der Waals surface area contributed by atoms with Crippen molar-refractivity contribution in [1.82, 2.24) is 10.2 Å². The SMILES string of the molecule is CCCCC(=O)N1CCC(C(=O)NCCc2ccccc2OC)CC1. The van der Waals surface area contributed by atoms with Crippen molar-refractivity contribution < 1.29 is 14.3 Å². The predicted molar refractivity (Wildman–Crippen MR) is 98.5 cm³/mol. The number of amides is 2. The quantitative estimate of drug-likeness (QED) is 0.787. The van der Waals surface area contributed by atoms with Crippen LogP contribution in [-0.2, 0) is 16.0 Å². The Morgan fingerprint density at radius 3 is 2.64 bits per heavy atom. The first-order chi connectivity index (χ1) is 12.2. The highest BCUT2D eigenvalue weighted by Crippen LogP contribution is 2.19. The van der Waals surface area contributed by atoms with Gasteiger partial charge in [0.1, 0.15) is 5.75 Å². The molecule has 1 aromatic carbocycles. The Hall–Kier alpha value is -2.04. The van der Waals surface area contributed by atoms with E-state index in [9.17, 15) is 9.59 Å². The minimum atomic E-state index is 0.0212. The maximum Gasteiger partial charge on any atom is 0.223 e. The molecule has 0 saturated carbocycles. The van der Waals surface area contributed by atoms with Crippen molar-refractivity contribution in [2.75, 3.05) is 26.7 Å². The third kappa shape index (κ3) is 5.76. The number of hydrogen-bond acceptors (Lipinski definition) is 3. The first-order valence-corrected chi connectivity index (χ1v) is 9.33. The van der Waals surface area contributed by atoms with Crippen LogP contribution in [0.4, 0.5) is 0 Å². The van der Waals surface area contributed by atoms with Crippen LogP contribution in [0.25, 0.3) is 0 Å². The number of ether oxygens (including phenoxy) is 1. The van der Waals surface area contributed by atoms with Gasteiger partial charge in [-0.2, -0.15) is 0 Å². The van der Waals surface area contributed by atoms with Gasteiger partial charge in [0.15, 0.2) is 0 Å². The number of methoxy groups -OCH3 is 1. The molecule has 2 rings (SSSR count). The second-order valence-corrected chi connectivity index (χ2v) is 6.61. The van der Waals surface area contributed by atoms with Crippen molar-refractivity contribution in [3.8, 4) is 5.75 Å². The lowest BCUT2D eigenvalue weighted by molar-refractivity contribution is -0.135. The molecule has 1 aliphatic heterocycles. The summed E-state index contributed by atoms with van der Waals surface area (Å²) in [7, 11) is 1.66. The lowest BCUT2D eigenvalue weighted by Crippen LogP contribution is -2.43. The lowest BCUT2D eigenvalue weighted by atomic mass is 9.95. The molecule has 1 aromatic rings. The average Bonchev–Trinajstić information content (AvgIpc) is 2.66. The van der Waals surface area contributed by atoms with Crippen LogP contribution in [0.5, 0.6) is 5.75 Å². The molecule has 0 unspecified atom stereocenters. The van der Waals surface area contributed by atoms with E-state index in [4.69, 9.17) is 4.74 Å². The van der Waals surface area contributed by atoms with E-state index < -0.39 is 0 Å². The van der Waals surface area contributed by atoms with Gasteiger partial charge in [-0.15, -0.1) is 0 Å². The van der Waals surface area contributed by atoms with Crippen molar-refractivity contribution in [2.45, 2.75) is 45.4 Å². The fraction of sp³-hybridized carbons (Fsp3) is 0.600. The maximum atomic E-state index is 12.3. The summed E-state index contributed by atoms with van der Waals surface area (Å²) in [5, 5.41) is 3.03. The minimum absolute atomic E-state index is 0.0212. The van der Waals surface area contributed by atoms with E-state index in [-0.39, 0.29) is 17.7 Å². The normalized spacial score (nSPS) is 15.0. The molecule has 5 nitrogen and oxygen atoms in total. The Labute approximate surface area is 150 Å². The molecular formula is C20H30N2O3. The van der Waals surface area contributed by atoms with Crippen LogP contribution in [0.2, 0.25) is 0 Å². The molecule has 25 heavy (non-hydrogen) atoms.